The third-order valence-corrected chi connectivity index (χ3v) is 4.35. The van der Waals surface area contributed by atoms with Gasteiger partial charge in [-0.05, 0) is 62.4 Å². The summed E-state index contributed by atoms with van der Waals surface area (Å²) in [6.07, 6.45) is 4.27. The number of aromatic nitrogens is 1. The van der Waals surface area contributed by atoms with Crippen molar-refractivity contribution in [2.75, 3.05) is 25.5 Å². The van der Waals surface area contributed by atoms with Gasteiger partial charge in [0.2, 0.25) is 0 Å². The number of anilines is 1. The molecule has 0 unspecified atom stereocenters. The van der Waals surface area contributed by atoms with Crippen LogP contribution < -0.4 is 5.32 Å². The van der Waals surface area contributed by atoms with Crippen LogP contribution in [0.25, 0.3) is 6.08 Å². The number of hydrogen-bond donors (Lipinski definition) is 1. The van der Waals surface area contributed by atoms with Crippen molar-refractivity contribution in [3.63, 3.8) is 0 Å². The van der Waals surface area contributed by atoms with Crippen molar-refractivity contribution in [1.82, 2.24) is 9.88 Å². The molecule has 24 heavy (non-hydrogen) atoms. The number of piperidine rings is 1. The second-order valence-corrected chi connectivity index (χ2v) is 6.45. The van der Waals surface area contributed by atoms with Crippen LogP contribution in [0.1, 0.15) is 28.9 Å². The number of halogens is 1. The first-order valence-electron chi connectivity index (χ1n) is 8.02. The topological polar surface area (TPSA) is 45.2 Å². The summed E-state index contributed by atoms with van der Waals surface area (Å²) in [7, 11) is 2.14. The molecular weight excluding hydrogens is 322 g/mol. The molecule has 2 aromatic rings. The van der Waals surface area contributed by atoms with E-state index in [0.717, 1.165) is 31.6 Å². The number of carbonyl (C=O) groups excluding carboxylic acids is 1. The van der Waals surface area contributed by atoms with Gasteiger partial charge in [0.1, 0.15) is 5.82 Å². The lowest BCUT2D eigenvalue weighted by atomic mass is 10.0. The van der Waals surface area contributed by atoms with E-state index in [1.165, 1.54) is 5.57 Å². The van der Waals surface area contributed by atoms with E-state index in [1.807, 2.05) is 12.1 Å². The van der Waals surface area contributed by atoms with E-state index < -0.39 is 0 Å². The van der Waals surface area contributed by atoms with Crippen molar-refractivity contribution in [1.29, 1.82) is 0 Å². The van der Waals surface area contributed by atoms with Gasteiger partial charge in [0.15, 0.2) is 0 Å². The molecule has 0 bridgehead atoms. The highest BCUT2D eigenvalue weighted by Crippen LogP contribution is 2.18. The number of nitrogens with zero attached hydrogens (tertiary/aromatic N) is 2. The Hall–Kier alpha value is -2.17. The number of hydrogen-bond acceptors (Lipinski definition) is 3. The average molecular weight is 342 g/mol. The van der Waals surface area contributed by atoms with Crippen molar-refractivity contribution in [3.8, 4) is 0 Å². The summed E-state index contributed by atoms with van der Waals surface area (Å²) >= 11 is 5.85. The van der Waals surface area contributed by atoms with Crippen molar-refractivity contribution in [2.24, 2.45) is 0 Å². The lowest BCUT2D eigenvalue weighted by molar-refractivity contribution is 0.102. The van der Waals surface area contributed by atoms with Crippen LogP contribution in [0, 0.1) is 0 Å². The molecule has 1 aromatic carbocycles. The first-order valence-corrected chi connectivity index (χ1v) is 8.40. The molecule has 1 N–H and O–H groups in total. The van der Waals surface area contributed by atoms with E-state index in [2.05, 4.69) is 28.3 Å². The van der Waals surface area contributed by atoms with Crippen LogP contribution in [-0.2, 0) is 0 Å². The van der Waals surface area contributed by atoms with Crippen LogP contribution in [0.4, 0.5) is 5.82 Å². The maximum absolute atomic E-state index is 12.2. The number of pyridine rings is 1. The summed E-state index contributed by atoms with van der Waals surface area (Å²) in [5.74, 6) is 0.362. The number of carbonyl (C=O) groups is 1. The normalized spacial score (nSPS) is 15.2. The second kappa shape index (κ2) is 7.60. The van der Waals surface area contributed by atoms with E-state index in [-0.39, 0.29) is 5.91 Å². The van der Waals surface area contributed by atoms with Crippen molar-refractivity contribution in [2.45, 2.75) is 12.8 Å². The van der Waals surface area contributed by atoms with E-state index in [1.54, 1.807) is 30.3 Å². The molecule has 0 radical (unpaired) electrons. The Labute approximate surface area is 147 Å². The minimum Gasteiger partial charge on any atom is -0.307 e. The standard InChI is InChI=1S/C19H20ClN3O/c1-23-11-9-14(10-12-23)13-17-3-2-4-18(21-17)22-19(24)15-5-7-16(20)8-6-15/h2-8,13H,9-12H2,1H3,(H,21,22,24). The fourth-order valence-electron chi connectivity index (χ4n) is 2.65. The van der Waals surface area contributed by atoms with Crippen LogP contribution in [0.2, 0.25) is 5.02 Å². The monoisotopic (exact) mass is 341 g/mol. The Bertz CT molecular complexity index is 745. The van der Waals surface area contributed by atoms with Gasteiger partial charge < -0.3 is 10.2 Å². The third-order valence-electron chi connectivity index (χ3n) is 4.10. The van der Waals surface area contributed by atoms with Gasteiger partial charge >= 0.3 is 0 Å². The molecule has 2 heterocycles. The molecule has 1 saturated heterocycles. The van der Waals surface area contributed by atoms with Gasteiger partial charge in [0.25, 0.3) is 5.91 Å². The second-order valence-electron chi connectivity index (χ2n) is 6.01. The molecule has 0 saturated carbocycles. The highest BCUT2D eigenvalue weighted by molar-refractivity contribution is 6.30. The number of amides is 1. The first kappa shape index (κ1) is 16.7. The molecule has 1 fully saturated rings. The lowest BCUT2D eigenvalue weighted by Gasteiger charge is -2.23. The fourth-order valence-corrected chi connectivity index (χ4v) is 2.78. The molecule has 1 aromatic heterocycles. The molecule has 0 atom stereocenters. The molecular formula is C19H20ClN3O. The Morgan fingerprint density at radius 3 is 2.58 bits per heavy atom. The van der Waals surface area contributed by atoms with E-state index >= 15 is 0 Å². The molecule has 4 nitrogen and oxygen atoms in total. The van der Waals surface area contributed by atoms with Gasteiger partial charge in [-0.25, -0.2) is 4.98 Å². The first-order chi connectivity index (χ1) is 11.6. The Balaban J connectivity index is 1.70. The molecule has 3 rings (SSSR count). The molecule has 0 spiro atoms. The summed E-state index contributed by atoms with van der Waals surface area (Å²) in [5, 5.41) is 3.44. The maximum atomic E-state index is 12.2. The fraction of sp³-hybridized carbons (Fsp3) is 0.263. The van der Waals surface area contributed by atoms with E-state index in [0.29, 0.717) is 16.4 Å². The zero-order chi connectivity index (χ0) is 16.9. The maximum Gasteiger partial charge on any atom is 0.256 e. The Morgan fingerprint density at radius 1 is 1.17 bits per heavy atom. The van der Waals surface area contributed by atoms with Gasteiger partial charge in [-0.15, -0.1) is 0 Å². The van der Waals surface area contributed by atoms with Crippen LogP contribution in [-0.4, -0.2) is 35.9 Å². The van der Waals surface area contributed by atoms with Gasteiger partial charge in [0, 0.05) is 23.7 Å². The molecule has 1 aliphatic heterocycles. The molecule has 1 amide bonds. The number of benzene rings is 1. The largest absolute Gasteiger partial charge is 0.307 e. The average Bonchev–Trinajstić information content (AvgIpc) is 2.58. The number of rotatable bonds is 3. The zero-order valence-electron chi connectivity index (χ0n) is 13.6. The minimum atomic E-state index is -0.191. The summed E-state index contributed by atoms with van der Waals surface area (Å²) in [5.41, 5.74) is 2.84. The number of nitrogens with one attached hydrogen (secondary N) is 1. The van der Waals surface area contributed by atoms with Crippen LogP contribution in [0.3, 0.4) is 0 Å². The number of likely N-dealkylation sites (tertiary alicyclic amines) is 1. The van der Waals surface area contributed by atoms with E-state index in [4.69, 9.17) is 11.6 Å². The Morgan fingerprint density at radius 2 is 1.88 bits per heavy atom. The van der Waals surface area contributed by atoms with Gasteiger partial charge in [-0.3, -0.25) is 4.79 Å². The van der Waals surface area contributed by atoms with Crippen LogP contribution >= 0.6 is 11.6 Å². The lowest BCUT2D eigenvalue weighted by Crippen LogP contribution is -2.26. The summed E-state index contributed by atoms with van der Waals surface area (Å²) < 4.78 is 0. The minimum absolute atomic E-state index is 0.191. The predicted molar refractivity (Wildman–Crippen MR) is 98.4 cm³/mol. The SMILES string of the molecule is CN1CCC(=Cc2cccc(NC(=O)c3ccc(Cl)cc3)n2)CC1. The molecule has 1 aliphatic rings. The summed E-state index contributed by atoms with van der Waals surface area (Å²) in [4.78, 5) is 19.1. The van der Waals surface area contributed by atoms with Crippen molar-refractivity contribution in [3.05, 3.63) is 64.3 Å². The van der Waals surface area contributed by atoms with Gasteiger partial charge in [-0.2, -0.15) is 0 Å². The molecule has 124 valence electrons. The predicted octanol–water partition coefficient (Wildman–Crippen LogP) is 4.10. The summed E-state index contributed by atoms with van der Waals surface area (Å²) in [6, 6.07) is 12.5. The zero-order valence-corrected chi connectivity index (χ0v) is 14.4. The molecule has 0 aliphatic carbocycles. The van der Waals surface area contributed by atoms with Gasteiger partial charge in [-0.1, -0.05) is 23.2 Å². The Kier molecular flexibility index (Phi) is 5.28. The van der Waals surface area contributed by atoms with Crippen molar-refractivity contribution < 1.29 is 4.79 Å². The molecule has 5 heteroatoms. The highest BCUT2D eigenvalue weighted by atomic mass is 35.5. The van der Waals surface area contributed by atoms with Gasteiger partial charge in [0.05, 0.1) is 5.69 Å². The van der Waals surface area contributed by atoms with Crippen LogP contribution in [0.5, 0.6) is 0 Å². The van der Waals surface area contributed by atoms with E-state index in [9.17, 15) is 4.79 Å². The summed E-state index contributed by atoms with van der Waals surface area (Å²) in [6.45, 7) is 2.16. The highest BCUT2D eigenvalue weighted by Gasteiger charge is 2.10. The smallest absolute Gasteiger partial charge is 0.256 e. The third kappa shape index (κ3) is 4.43. The van der Waals surface area contributed by atoms with Crippen molar-refractivity contribution >= 4 is 29.4 Å². The van der Waals surface area contributed by atoms with Crippen LogP contribution in [0.15, 0.2) is 48.0 Å². The quantitative estimate of drug-likeness (QED) is 0.914.